The van der Waals surface area contributed by atoms with Crippen LogP contribution in [0.3, 0.4) is 0 Å². The maximum atomic E-state index is 12.0. The van der Waals surface area contributed by atoms with Crippen LogP contribution in [0.15, 0.2) is 18.2 Å². The van der Waals surface area contributed by atoms with Gasteiger partial charge >= 0.3 is 6.18 Å². The predicted octanol–water partition coefficient (Wildman–Crippen LogP) is 2.90. The molecule has 6 heteroatoms. The van der Waals surface area contributed by atoms with E-state index in [0.717, 1.165) is 0 Å². The maximum Gasteiger partial charge on any atom is 0.391 e. The first-order valence-electron chi connectivity index (χ1n) is 6.37. The summed E-state index contributed by atoms with van der Waals surface area (Å²) < 4.78 is 46.1. The molecule has 0 aliphatic heterocycles. The zero-order chi connectivity index (χ0) is 15.7. The van der Waals surface area contributed by atoms with Crippen molar-refractivity contribution in [3.63, 3.8) is 0 Å². The molecule has 0 saturated heterocycles. The minimum atomic E-state index is -4.21. The summed E-state index contributed by atoms with van der Waals surface area (Å²) in [5.74, 6) is 6.19. The van der Waals surface area contributed by atoms with Gasteiger partial charge in [-0.25, -0.2) is 0 Å². The molecule has 0 aliphatic carbocycles. The first kappa shape index (κ1) is 17.3. The average Bonchev–Trinajstić information content (AvgIpc) is 2.43. The second-order valence-electron chi connectivity index (χ2n) is 4.23. The van der Waals surface area contributed by atoms with Crippen LogP contribution >= 0.6 is 0 Å². The Morgan fingerprint density at radius 1 is 1.29 bits per heavy atom. The summed E-state index contributed by atoms with van der Waals surface area (Å²) >= 11 is 0. The molecule has 0 aromatic heterocycles. The van der Waals surface area contributed by atoms with Crippen molar-refractivity contribution in [3.8, 4) is 17.6 Å². The number of aliphatic hydroxyl groups excluding tert-OH is 1. The largest absolute Gasteiger partial charge is 0.495 e. The molecule has 21 heavy (non-hydrogen) atoms. The van der Waals surface area contributed by atoms with Crippen molar-refractivity contribution in [2.45, 2.75) is 25.6 Å². The summed E-state index contributed by atoms with van der Waals surface area (Å²) in [7, 11) is 1.51. The van der Waals surface area contributed by atoms with Crippen molar-refractivity contribution in [1.29, 1.82) is 0 Å². The Bertz CT molecular complexity index is 501. The van der Waals surface area contributed by atoms with Gasteiger partial charge in [0, 0.05) is 6.42 Å². The molecule has 0 bridgehead atoms. The summed E-state index contributed by atoms with van der Waals surface area (Å²) in [5, 5.41) is 8.69. The molecular formula is C15H17F3O3. The van der Waals surface area contributed by atoms with E-state index in [9.17, 15) is 13.2 Å². The molecule has 0 saturated carbocycles. The molecule has 0 radical (unpaired) electrons. The molecule has 0 aliphatic rings. The van der Waals surface area contributed by atoms with Crippen LogP contribution in [0.1, 0.15) is 24.0 Å². The van der Waals surface area contributed by atoms with Gasteiger partial charge in [-0.3, -0.25) is 0 Å². The Balaban J connectivity index is 2.64. The van der Waals surface area contributed by atoms with Gasteiger partial charge in [0.15, 0.2) is 0 Å². The molecular weight excluding hydrogens is 285 g/mol. The predicted molar refractivity (Wildman–Crippen MR) is 71.9 cm³/mol. The van der Waals surface area contributed by atoms with Crippen LogP contribution in [0, 0.1) is 11.8 Å². The van der Waals surface area contributed by atoms with Crippen molar-refractivity contribution in [2.75, 3.05) is 20.3 Å². The van der Waals surface area contributed by atoms with E-state index in [1.165, 1.54) is 7.11 Å². The van der Waals surface area contributed by atoms with E-state index in [4.69, 9.17) is 14.6 Å². The Kier molecular flexibility index (Phi) is 7.06. The number of hydrogen-bond donors (Lipinski definition) is 1. The molecule has 1 aromatic carbocycles. The zero-order valence-corrected chi connectivity index (χ0v) is 11.7. The zero-order valence-electron chi connectivity index (χ0n) is 11.7. The van der Waals surface area contributed by atoms with Crippen molar-refractivity contribution >= 4 is 0 Å². The third-order valence-corrected chi connectivity index (χ3v) is 2.52. The van der Waals surface area contributed by atoms with Crippen molar-refractivity contribution in [3.05, 3.63) is 29.3 Å². The van der Waals surface area contributed by atoms with Crippen LogP contribution in [0.2, 0.25) is 0 Å². The first-order valence-corrected chi connectivity index (χ1v) is 6.37. The number of hydrogen-bond acceptors (Lipinski definition) is 3. The highest BCUT2D eigenvalue weighted by atomic mass is 19.4. The van der Waals surface area contributed by atoms with Gasteiger partial charge in [-0.2, -0.15) is 13.2 Å². The van der Waals surface area contributed by atoms with Crippen molar-refractivity contribution in [1.82, 2.24) is 0 Å². The summed E-state index contributed by atoms with van der Waals surface area (Å²) in [6.45, 7) is -0.328. The molecule has 1 aromatic rings. The minimum absolute atomic E-state index is 0.0322. The van der Waals surface area contributed by atoms with Gasteiger partial charge < -0.3 is 14.6 Å². The lowest BCUT2D eigenvalue weighted by Gasteiger charge is -2.09. The average molecular weight is 302 g/mol. The number of methoxy groups -OCH3 is 1. The van der Waals surface area contributed by atoms with E-state index in [-0.39, 0.29) is 19.8 Å². The standard InChI is InChI=1S/C15H17F3O3/c1-20-14-6-5-12(10-13(14)4-2-3-8-19)11-21-9-7-15(16,17)18/h5-6,10,19H,3,7-9,11H2,1H3. The van der Waals surface area contributed by atoms with E-state index in [2.05, 4.69) is 11.8 Å². The SMILES string of the molecule is COc1ccc(COCCC(F)(F)F)cc1C#CCCO. The maximum absolute atomic E-state index is 12.0. The Labute approximate surface area is 121 Å². The van der Waals surface area contributed by atoms with Gasteiger partial charge in [-0.1, -0.05) is 17.9 Å². The summed E-state index contributed by atoms with van der Waals surface area (Å²) in [6.07, 6.45) is -4.83. The number of alkyl halides is 3. The Morgan fingerprint density at radius 2 is 2.05 bits per heavy atom. The monoisotopic (exact) mass is 302 g/mol. The van der Waals surface area contributed by atoms with Gasteiger partial charge in [-0.15, -0.1) is 0 Å². The van der Waals surface area contributed by atoms with Gasteiger partial charge in [0.1, 0.15) is 5.75 Å². The molecule has 0 fully saturated rings. The van der Waals surface area contributed by atoms with E-state index >= 15 is 0 Å². The normalized spacial score (nSPS) is 10.9. The number of halogens is 3. The Morgan fingerprint density at radius 3 is 2.67 bits per heavy atom. The van der Waals surface area contributed by atoms with Gasteiger partial charge in [0.25, 0.3) is 0 Å². The fourth-order valence-corrected chi connectivity index (χ4v) is 1.53. The lowest BCUT2D eigenvalue weighted by atomic mass is 10.1. The fraction of sp³-hybridized carbons (Fsp3) is 0.467. The molecule has 1 N–H and O–H groups in total. The molecule has 0 amide bonds. The number of ether oxygens (including phenoxy) is 2. The lowest BCUT2D eigenvalue weighted by Crippen LogP contribution is -2.11. The molecule has 3 nitrogen and oxygen atoms in total. The quantitative estimate of drug-likeness (QED) is 0.648. The fourth-order valence-electron chi connectivity index (χ4n) is 1.53. The van der Waals surface area contributed by atoms with Crippen molar-refractivity contribution in [2.24, 2.45) is 0 Å². The smallest absolute Gasteiger partial charge is 0.391 e. The van der Waals surface area contributed by atoms with Gasteiger partial charge in [-0.05, 0) is 17.7 Å². The Hall–Kier alpha value is -1.71. The van der Waals surface area contributed by atoms with Crippen LogP contribution in [-0.2, 0) is 11.3 Å². The van der Waals surface area contributed by atoms with Crippen LogP contribution in [-0.4, -0.2) is 31.6 Å². The van der Waals surface area contributed by atoms with Crippen LogP contribution in [0.25, 0.3) is 0 Å². The highest BCUT2D eigenvalue weighted by Gasteiger charge is 2.26. The third-order valence-electron chi connectivity index (χ3n) is 2.52. The second kappa shape index (κ2) is 8.55. The van der Waals surface area contributed by atoms with E-state index < -0.39 is 12.6 Å². The summed E-state index contributed by atoms with van der Waals surface area (Å²) in [6, 6.07) is 5.10. The first-order chi connectivity index (χ1) is 9.96. The van der Waals surface area contributed by atoms with Gasteiger partial charge in [0.05, 0.1) is 38.9 Å². The number of rotatable bonds is 6. The highest BCUT2D eigenvalue weighted by Crippen LogP contribution is 2.21. The second-order valence-corrected chi connectivity index (χ2v) is 4.23. The van der Waals surface area contributed by atoms with E-state index in [1.807, 2.05) is 0 Å². The third kappa shape index (κ3) is 7.02. The van der Waals surface area contributed by atoms with Gasteiger partial charge in [0.2, 0.25) is 0 Å². The number of aliphatic hydroxyl groups is 1. The topological polar surface area (TPSA) is 38.7 Å². The summed E-state index contributed by atoms with van der Waals surface area (Å²) in [4.78, 5) is 0. The van der Waals surface area contributed by atoms with Crippen LogP contribution in [0.4, 0.5) is 13.2 Å². The molecule has 0 spiro atoms. The molecule has 0 atom stereocenters. The molecule has 0 heterocycles. The number of benzene rings is 1. The summed E-state index contributed by atoms with van der Waals surface area (Å²) in [5.41, 5.74) is 1.33. The van der Waals surface area contributed by atoms with E-state index in [1.54, 1.807) is 18.2 Å². The minimum Gasteiger partial charge on any atom is -0.495 e. The van der Waals surface area contributed by atoms with Crippen LogP contribution < -0.4 is 4.74 Å². The molecule has 116 valence electrons. The lowest BCUT2D eigenvalue weighted by molar-refractivity contribution is -0.146. The molecule has 1 rings (SSSR count). The van der Waals surface area contributed by atoms with Crippen molar-refractivity contribution < 1.29 is 27.8 Å². The van der Waals surface area contributed by atoms with E-state index in [0.29, 0.717) is 23.3 Å². The van der Waals surface area contributed by atoms with Crippen LogP contribution in [0.5, 0.6) is 5.75 Å². The highest BCUT2D eigenvalue weighted by molar-refractivity contribution is 5.48. The molecule has 0 unspecified atom stereocenters.